The summed E-state index contributed by atoms with van der Waals surface area (Å²) in [6, 6.07) is 12.4. The van der Waals surface area contributed by atoms with Crippen molar-refractivity contribution >= 4 is 28.5 Å². The number of rotatable bonds is 6. The first-order valence-corrected chi connectivity index (χ1v) is 9.21. The number of thioether (sulfide) groups is 1. The number of nitriles is 1. The minimum absolute atomic E-state index is 0.262. The lowest BCUT2D eigenvalue weighted by atomic mass is 10.1. The molecule has 0 aliphatic heterocycles. The molecule has 0 aliphatic carbocycles. The van der Waals surface area contributed by atoms with Gasteiger partial charge in [-0.3, -0.25) is 10.1 Å². The fourth-order valence-corrected chi connectivity index (χ4v) is 2.65. The third-order valence-corrected chi connectivity index (χ3v) is 4.21. The van der Waals surface area contributed by atoms with Crippen LogP contribution in [0.4, 0.5) is 5.69 Å². The van der Waals surface area contributed by atoms with Crippen LogP contribution in [0, 0.1) is 11.5 Å². The fraction of sp³-hybridized carbons (Fsp3) is 0.211. The highest BCUT2D eigenvalue weighted by Crippen LogP contribution is 2.27. The van der Waals surface area contributed by atoms with Crippen LogP contribution in [0.3, 0.4) is 0 Å². The number of benzene rings is 2. The second-order valence-electron chi connectivity index (χ2n) is 5.25. The number of amidine groups is 1. The zero-order valence-corrected chi connectivity index (χ0v) is 16.1. The number of ether oxygens (including phenoxy) is 2. The summed E-state index contributed by atoms with van der Waals surface area (Å²) in [5.41, 5.74) is 1.77. The van der Waals surface area contributed by atoms with Crippen LogP contribution < -0.4 is 20.1 Å². The predicted octanol–water partition coefficient (Wildman–Crippen LogP) is 3.05. The number of methoxy groups -OCH3 is 2. The molecule has 0 unspecified atom stereocenters. The van der Waals surface area contributed by atoms with Crippen molar-refractivity contribution in [3.63, 3.8) is 0 Å². The second kappa shape index (κ2) is 10.1. The second-order valence-corrected chi connectivity index (χ2v) is 6.04. The molecule has 0 spiro atoms. The van der Waals surface area contributed by atoms with Gasteiger partial charge in [-0.1, -0.05) is 30.0 Å². The highest BCUT2D eigenvalue weighted by Gasteiger charge is 2.12. The Kier molecular flexibility index (Phi) is 7.52. The molecule has 2 aromatic rings. The number of para-hydroxylation sites is 1. The Bertz CT molecular complexity index is 877. The van der Waals surface area contributed by atoms with Gasteiger partial charge in [-0.25, -0.2) is 4.99 Å². The lowest BCUT2D eigenvalue weighted by molar-refractivity contribution is 0.0951. The van der Waals surface area contributed by atoms with E-state index in [4.69, 9.17) is 14.7 Å². The molecule has 0 fully saturated rings. The number of nitrogens with one attached hydrogen (secondary N) is 2. The Hall–Kier alpha value is -3.18. The van der Waals surface area contributed by atoms with E-state index in [9.17, 15) is 4.79 Å². The summed E-state index contributed by atoms with van der Waals surface area (Å²) in [6.45, 7) is 0.322. The smallest absolute Gasteiger partial charge is 0.253 e. The molecule has 27 heavy (non-hydrogen) atoms. The third kappa shape index (κ3) is 5.39. The van der Waals surface area contributed by atoms with Crippen molar-refractivity contribution in [1.82, 2.24) is 10.6 Å². The normalized spacial score (nSPS) is 10.7. The number of hydrogen-bond acceptors (Lipinski definition) is 6. The first-order chi connectivity index (χ1) is 13.1. The summed E-state index contributed by atoms with van der Waals surface area (Å²) >= 11 is 1.29. The molecule has 0 saturated carbocycles. The number of carbonyl (C=O) groups is 1. The SMILES string of the molecule is COc1ccc(CNC(=O)c2ccccc2N=C(NC#N)SC)cc1OC. The molecule has 0 bridgehead atoms. The first kappa shape index (κ1) is 20.1. The van der Waals surface area contributed by atoms with Crippen LogP contribution in [-0.2, 0) is 6.54 Å². The van der Waals surface area contributed by atoms with Gasteiger partial charge >= 0.3 is 0 Å². The van der Waals surface area contributed by atoms with E-state index in [1.165, 1.54) is 11.8 Å². The van der Waals surface area contributed by atoms with Crippen LogP contribution >= 0.6 is 11.8 Å². The highest BCUT2D eigenvalue weighted by atomic mass is 32.2. The Morgan fingerprint density at radius 2 is 1.93 bits per heavy atom. The molecule has 140 valence electrons. The molecular formula is C19H20N4O3S. The molecule has 2 rings (SSSR count). The number of hydrogen-bond donors (Lipinski definition) is 2. The Balaban J connectivity index is 2.16. The van der Waals surface area contributed by atoms with Gasteiger partial charge in [0.15, 0.2) is 22.9 Å². The molecule has 8 heteroatoms. The Morgan fingerprint density at radius 1 is 1.19 bits per heavy atom. The van der Waals surface area contributed by atoms with Crippen molar-refractivity contribution in [2.75, 3.05) is 20.5 Å². The highest BCUT2D eigenvalue weighted by molar-refractivity contribution is 8.13. The maximum Gasteiger partial charge on any atom is 0.253 e. The first-order valence-electron chi connectivity index (χ1n) is 7.98. The third-order valence-electron chi connectivity index (χ3n) is 3.63. The van der Waals surface area contributed by atoms with Crippen LogP contribution in [-0.4, -0.2) is 31.6 Å². The molecule has 2 N–H and O–H groups in total. The van der Waals surface area contributed by atoms with Crippen molar-refractivity contribution < 1.29 is 14.3 Å². The number of carbonyl (C=O) groups excluding carboxylic acids is 1. The van der Waals surface area contributed by atoms with Crippen LogP contribution in [0.2, 0.25) is 0 Å². The molecule has 2 aromatic carbocycles. The monoisotopic (exact) mass is 384 g/mol. The molecule has 0 aliphatic rings. The maximum absolute atomic E-state index is 12.6. The summed E-state index contributed by atoms with van der Waals surface area (Å²) in [7, 11) is 3.13. The molecule has 7 nitrogen and oxygen atoms in total. The van der Waals surface area contributed by atoms with Crippen molar-refractivity contribution in [2.24, 2.45) is 4.99 Å². The molecule has 0 atom stereocenters. The number of nitrogens with zero attached hydrogens (tertiary/aromatic N) is 2. The van der Waals surface area contributed by atoms with Crippen molar-refractivity contribution in [1.29, 1.82) is 5.26 Å². The summed E-state index contributed by atoms with van der Waals surface area (Å²) < 4.78 is 10.5. The van der Waals surface area contributed by atoms with Crippen LogP contribution in [0.1, 0.15) is 15.9 Å². The topological polar surface area (TPSA) is 95.7 Å². The van der Waals surface area contributed by atoms with E-state index in [0.29, 0.717) is 34.5 Å². The average Bonchev–Trinajstić information content (AvgIpc) is 2.71. The molecule has 0 saturated heterocycles. The molecule has 0 aromatic heterocycles. The summed E-state index contributed by atoms with van der Waals surface area (Å²) in [6.07, 6.45) is 3.62. The maximum atomic E-state index is 12.6. The molecule has 0 radical (unpaired) electrons. The fourth-order valence-electron chi connectivity index (χ4n) is 2.31. The minimum atomic E-state index is -0.262. The largest absolute Gasteiger partial charge is 0.493 e. The number of aliphatic imine (C=N–C) groups is 1. The lowest BCUT2D eigenvalue weighted by Crippen LogP contribution is -2.23. The lowest BCUT2D eigenvalue weighted by Gasteiger charge is -2.11. The average molecular weight is 384 g/mol. The van der Waals surface area contributed by atoms with Gasteiger partial charge in [0.05, 0.1) is 25.5 Å². The van der Waals surface area contributed by atoms with E-state index in [1.54, 1.807) is 50.8 Å². The van der Waals surface area contributed by atoms with Gasteiger partial charge in [-0.2, -0.15) is 5.26 Å². The summed E-state index contributed by atoms with van der Waals surface area (Å²) in [5, 5.41) is 14.5. The van der Waals surface area contributed by atoms with Gasteiger partial charge in [-0.05, 0) is 36.1 Å². The van der Waals surface area contributed by atoms with Gasteiger partial charge < -0.3 is 14.8 Å². The molecule has 0 heterocycles. The van der Waals surface area contributed by atoms with Crippen LogP contribution in [0.25, 0.3) is 0 Å². The van der Waals surface area contributed by atoms with E-state index in [0.717, 1.165) is 5.56 Å². The van der Waals surface area contributed by atoms with Crippen molar-refractivity contribution in [3.8, 4) is 17.7 Å². The summed E-state index contributed by atoms with van der Waals surface area (Å²) in [4.78, 5) is 17.0. The van der Waals surface area contributed by atoms with Crippen molar-refractivity contribution in [3.05, 3.63) is 53.6 Å². The van der Waals surface area contributed by atoms with Crippen molar-refractivity contribution in [2.45, 2.75) is 6.54 Å². The van der Waals surface area contributed by atoms with Gasteiger partial charge in [-0.15, -0.1) is 0 Å². The van der Waals surface area contributed by atoms with Gasteiger partial charge in [0.25, 0.3) is 5.91 Å². The predicted molar refractivity (Wildman–Crippen MR) is 107 cm³/mol. The quantitative estimate of drug-likeness (QED) is 0.344. The van der Waals surface area contributed by atoms with Crippen LogP contribution in [0.5, 0.6) is 11.5 Å². The van der Waals surface area contributed by atoms with Gasteiger partial charge in [0.1, 0.15) is 0 Å². The molecular weight excluding hydrogens is 364 g/mol. The van der Waals surface area contributed by atoms with E-state index in [-0.39, 0.29) is 5.91 Å². The van der Waals surface area contributed by atoms with Gasteiger partial charge in [0.2, 0.25) is 0 Å². The minimum Gasteiger partial charge on any atom is -0.493 e. The van der Waals surface area contributed by atoms with E-state index in [1.807, 2.05) is 18.3 Å². The Labute approximate surface area is 162 Å². The number of amides is 1. The standard InChI is InChI=1S/C19H20N4O3S/c1-25-16-9-8-13(10-17(16)26-2)11-21-18(24)14-6-4-5-7-15(14)23-19(27-3)22-12-20/h4-10H,11H2,1-3H3,(H,21,24)(H,22,23). The zero-order chi connectivity index (χ0) is 19.6. The van der Waals surface area contributed by atoms with Gasteiger partial charge in [0, 0.05) is 6.54 Å². The summed E-state index contributed by atoms with van der Waals surface area (Å²) in [5.74, 6) is 0.963. The Morgan fingerprint density at radius 3 is 2.59 bits per heavy atom. The van der Waals surface area contributed by atoms with E-state index < -0.39 is 0 Å². The van der Waals surface area contributed by atoms with E-state index in [2.05, 4.69) is 15.6 Å². The van der Waals surface area contributed by atoms with E-state index >= 15 is 0 Å². The zero-order valence-electron chi connectivity index (χ0n) is 15.3. The molecule has 1 amide bonds. The van der Waals surface area contributed by atoms with Crippen LogP contribution in [0.15, 0.2) is 47.5 Å².